The van der Waals surface area contributed by atoms with Crippen molar-refractivity contribution >= 4 is 23.4 Å². The van der Waals surface area contributed by atoms with Gasteiger partial charge in [0.15, 0.2) is 0 Å². The number of hydrogen-bond donors (Lipinski definition) is 0. The van der Waals surface area contributed by atoms with Crippen LogP contribution >= 0.6 is 0 Å². The first kappa shape index (κ1) is 13.8. The number of hydrogen-bond acceptors (Lipinski definition) is 3. The molecular weight excluding hydrogens is 264 g/mol. The smallest absolute Gasteiger partial charge is 0.234 e. The lowest BCUT2D eigenvalue weighted by Gasteiger charge is -2.20. The van der Waals surface area contributed by atoms with Crippen molar-refractivity contribution in [2.75, 3.05) is 6.61 Å². The molecule has 0 saturated carbocycles. The van der Waals surface area contributed by atoms with E-state index < -0.39 is 11.6 Å². The SMILES string of the molecule is C/C=C\c1c(CC)ccc2c1C(=O)C(=O)C1=C2OCC1C. The Morgan fingerprint density at radius 3 is 2.71 bits per heavy atom. The molecular formula is C18H18O3. The van der Waals surface area contributed by atoms with E-state index in [1.165, 1.54) is 0 Å². The molecule has 2 aliphatic rings. The summed E-state index contributed by atoms with van der Waals surface area (Å²) in [4.78, 5) is 25.0. The van der Waals surface area contributed by atoms with Gasteiger partial charge in [-0.05, 0) is 24.5 Å². The van der Waals surface area contributed by atoms with E-state index in [0.29, 0.717) is 23.5 Å². The number of ketones is 2. The van der Waals surface area contributed by atoms with Crippen LogP contribution in [0.1, 0.15) is 47.8 Å². The number of fused-ring (bicyclic) bond motifs is 2. The number of Topliss-reactive ketones (excluding diaryl/α,β-unsaturated/α-hetero) is 2. The molecule has 3 nitrogen and oxygen atoms in total. The van der Waals surface area contributed by atoms with Gasteiger partial charge in [0.05, 0.1) is 12.2 Å². The molecule has 0 spiro atoms. The van der Waals surface area contributed by atoms with Gasteiger partial charge >= 0.3 is 0 Å². The zero-order chi connectivity index (χ0) is 15.1. The zero-order valence-corrected chi connectivity index (χ0v) is 12.5. The Kier molecular flexibility index (Phi) is 3.28. The fraction of sp³-hybridized carbons (Fsp3) is 0.333. The minimum atomic E-state index is -0.401. The lowest BCUT2D eigenvalue weighted by molar-refractivity contribution is -0.112. The second-order valence-corrected chi connectivity index (χ2v) is 5.53. The van der Waals surface area contributed by atoms with Crippen molar-refractivity contribution < 1.29 is 14.3 Å². The maximum atomic E-state index is 12.6. The normalized spacial score (nSPS) is 20.8. The second kappa shape index (κ2) is 4.99. The van der Waals surface area contributed by atoms with Crippen LogP contribution < -0.4 is 0 Å². The molecule has 0 saturated heterocycles. The molecule has 108 valence electrons. The second-order valence-electron chi connectivity index (χ2n) is 5.53. The van der Waals surface area contributed by atoms with Crippen molar-refractivity contribution in [1.82, 2.24) is 0 Å². The molecule has 1 aliphatic carbocycles. The number of ether oxygens (including phenoxy) is 1. The third-order valence-electron chi connectivity index (χ3n) is 4.19. The summed E-state index contributed by atoms with van der Waals surface area (Å²) in [5.41, 5.74) is 3.74. The van der Waals surface area contributed by atoms with Crippen molar-refractivity contribution in [2.45, 2.75) is 27.2 Å². The number of allylic oxidation sites excluding steroid dienone is 1. The largest absolute Gasteiger partial charge is 0.492 e. The van der Waals surface area contributed by atoms with Gasteiger partial charge in [-0.25, -0.2) is 0 Å². The maximum absolute atomic E-state index is 12.6. The monoisotopic (exact) mass is 282 g/mol. The van der Waals surface area contributed by atoms with Gasteiger partial charge in [0.2, 0.25) is 11.6 Å². The van der Waals surface area contributed by atoms with Crippen LogP contribution in [-0.2, 0) is 16.0 Å². The summed E-state index contributed by atoms with van der Waals surface area (Å²) < 4.78 is 5.70. The number of benzene rings is 1. The van der Waals surface area contributed by atoms with Gasteiger partial charge in [-0.3, -0.25) is 9.59 Å². The highest BCUT2D eigenvalue weighted by Gasteiger charge is 2.41. The highest BCUT2D eigenvalue weighted by atomic mass is 16.5. The van der Waals surface area contributed by atoms with Gasteiger partial charge in [-0.2, -0.15) is 0 Å². The molecule has 0 amide bonds. The van der Waals surface area contributed by atoms with Crippen LogP contribution in [0.3, 0.4) is 0 Å². The Morgan fingerprint density at radius 1 is 1.29 bits per heavy atom. The van der Waals surface area contributed by atoms with Gasteiger partial charge in [-0.15, -0.1) is 0 Å². The minimum Gasteiger partial charge on any atom is -0.492 e. The molecule has 21 heavy (non-hydrogen) atoms. The Morgan fingerprint density at radius 2 is 2.05 bits per heavy atom. The van der Waals surface area contributed by atoms with Crippen LogP contribution in [-0.4, -0.2) is 18.2 Å². The lowest BCUT2D eigenvalue weighted by Crippen LogP contribution is -2.26. The average molecular weight is 282 g/mol. The molecule has 1 aliphatic heterocycles. The minimum absolute atomic E-state index is 0.0133. The summed E-state index contributed by atoms with van der Waals surface area (Å²) in [5, 5.41) is 0. The van der Waals surface area contributed by atoms with E-state index in [1.54, 1.807) is 0 Å². The summed E-state index contributed by atoms with van der Waals surface area (Å²) in [6, 6.07) is 3.94. The topological polar surface area (TPSA) is 43.4 Å². The molecule has 1 aromatic rings. The van der Waals surface area contributed by atoms with Crippen LogP contribution in [0, 0.1) is 5.92 Å². The molecule has 1 unspecified atom stereocenters. The lowest BCUT2D eigenvalue weighted by atomic mass is 9.81. The van der Waals surface area contributed by atoms with E-state index in [2.05, 4.69) is 0 Å². The number of rotatable bonds is 2. The fourth-order valence-electron chi connectivity index (χ4n) is 3.14. The number of carbonyl (C=O) groups is 2. The highest BCUT2D eigenvalue weighted by Crippen LogP contribution is 2.40. The van der Waals surface area contributed by atoms with Crippen molar-refractivity contribution in [2.24, 2.45) is 5.92 Å². The predicted octanol–water partition coefficient (Wildman–Crippen LogP) is 3.42. The summed E-state index contributed by atoms with van der Waals surface area (Å²) in [6.07, 6.45) is 4.62. The molecule has 3 heteroatoms. The molecule has 0 aromatic heterocycles. The molecule has 1 atom stereocenters. The first-order valence-corrected chi connectivity index (χ1v) is 7.35. The Bertz CT molecular complexity index is 707. The van der Waals surface area contributed by atoms with E-state index >= 15 is 0 Å². The summed E-state index contributed by atoms with van der Waals surface area (Å²) >= 11 is 0. The van der Waals surface area contributed by atoms with Crippen LogP contribution in [0.2, 0.25) is 0 Å². The van der Waals surface area contributed by atoms with E-state index in [1.807, 2.05) is 45.1 Å². The third kappa shape index (κ3) is 1.88. The van der Waals surface area contributed by atoms with Gasteiger partial charge in [0, 0.05) is 17.0 Å². The first-order chi connectivity index (χ1) is 10.1. The highest BCUT2D eigenvalue weighted by molar-refractivity contribution is 6.53. The molecule has 0 fully saturated rings. The summed E-state index contributed by atoms with van der Waals surface area (Å²) in [6.45, 7) is 6.35. The van der Waals surface area contributed by atoms with Crippen LogP contribution in [0.15, 0.2) is 23.8 Å². The molecule has 0 bridgehead atoms. The van der Waals surface area contributed by atoms with Crippen molar-refractivity contribution in [3.63, 3.8) is 0 Å². The standard InChI is InChI=1S/C18H18O3/c1-4-6-12-11(5-2)7-8-13-15(12)17(20)16(19)14-10(3)9-21-18(13)14/h4,6-8,10H,5,9H2,1-3H3/b6-4-. The molecule has 0 N–H and O–H groups in total. The Hall–Kier alpha value is -2.16. The van der Waals surface area contributed by atoms with E-state index in [-0.39, 0.29) is 5.92 Å². The van der Waals surface area contributed by atoms with E-state index in [0.717, 1.165) is 23.1 Å². The van der Waals surface area contributed by atoms with Crippen molar-refractivity contribution in [3.8, 4) is 0 Å². The maximum Gasteiger partial charge on any atom is 0.234 e. The van der Waals surface area contributed by atoms with Gasteiger partial charge in [0.1, 0.15) is 5.76 Å². The Labute approximate surface area is 124 Å². The molecule has 3 rings (SSSR count). The van der Waals surface area contributed by atoms with Crippen LogP contribution in [0.25, 0.3) is 11.8 Å². The fourth-order valence-corrected chi connectivity index (χ4v) is 3.14. The third-order valence-corrected chi connectivity index (χ3v) is 4.19. The summed E-state index contributed by atoms with van der Waals surface area (Å²) in [7, 11) is 0. The molecule has 1 heterocycles. The number of aryl methyl sites for hydroxylation is 1. The van der Waals surface area contributed by atoms with Gasteiger partial charge in [-0.1, -0.05) is 38.1 Å². The van der Waals surface area contributed by atoms with Gasteiger partial charge in [0.25, 0.3) is 0 Å². The zero-order valence-electron chi connectivity index (χ0n) is 12.5. The Balaban J connectivity index is 2.34. The van der Waals surface area contributed by atoms with Crippen molar-refractivity contribution in [1.29, 1.82) is 0 Å². The quantitative estimate of drug-likeness (QED) is 0.781. The van der Waals surface area contributed by atoms with Gasteiger partial charge < -0.3 is 4.74 Å². The summed E-state index contributed by atoms with van der Waals surface area (Å²) in [5.74, 6) is -0.206. The number of carbonyl (C=O) groups excluding carboxylic acids is 2. The predicted molar refractivity (Wildman–Crippen MR) is 81.9 cm³/mol. The molecule has 0 radical (unpaired) electrons. The molecule has 1 aromatic carbocycles. The van der Waals surface area contributed by atoms with E-state index in [9.17, 15) is 9.59 Å². The van der Waals surface area contributed by atoms with E-state index in [4.69, 9.17) is 4.74 Å². The van der Waals surface area contributed by atoms with Crippen molar-refractivity contribution in [3.05, 3.63) is 46.0 Å². The van der Waals surface area contributed by atoms with Crippen LogP contribution in [0.4, 0.5) is 0 Å². The average Bonchev–Trinajstić information content (AvgIpc) is 2.87. The first-order valence-electron chi connectivity index (χ1n) is 7.35. The van der Waals surface area contributed by atoms with Crippen LogP contribution in [0.5, 0.6) is 0 Å².